The molecular formula is C24H26N2O4S. The fraction of sp³-hybridized carbons (Fsp3) is 0.292. The Balaban J connectivity index is 1.87. The summed E-state index contributed by atoms with van der Waals surface area (Å²) in [4.78, 5) is 39.3. The summed E-state index contributed by atoms with van der Waals surface area (Å²) in [6, 6.07) is 16.8. The monoisotopic (exact) mass is 438 g/mol. The molecule has 3 rings (SSSR count). The minimum atomic E-state index is -0.319. The number of amides is 3. The number of benzene rings is 2. The predicted molar refractivity (Wildman–Crippen MR) is 123 cm³/mol. The van der Waals surface area contributed by atoms with Crippen molar-refractivity contribution in [3.63, 3.8) is 0 Å². The van der Waals surface area contributed by atoms with E-state index in [0.29, 0.717) is 34.1 Å². The van der Waals surface area contributed by atoms with Crippen LogP contribution in [-0.4, -0.2) is 41.9 Å². The molecule has 1 N–H and O–H groups in total. The van der Waals surface area contributed by atoms with Gasteiger partial charge in [0.1, 0.15) is 0 Å². The van der Waals surface area contributed by atoms with Gasteiger partial charge in [0.25, 0.3) is 11.8 Å². The van der Waals surface area contributed by atoms with Crippen molar-refractivity contribution in [3.05, 3.63) is 70.6 Å². The van der Waals surface area contributed by atoms with Crippen LogP contribution in [0, 0.1) is 0 Å². The quantitative estimate of drug-likeness (QED) is 0.597. The lowest BCUT2D eigenvalue weighted by Gasteiger charge is -2.16. The second-order valence-electron chi connectivity index (χ2n) is 7.42. The number of hydrogen-bond acceptors (Lipinski definition) is 5. The second kappa shape index (κ2) is 10.4. The molecule has 1 aliphatic heterocycles. The van der Waals surface area contributed by atoms with E-state index in [2.05, 4.69) is 5.32 Å². The highest BCUT2D eigenvalue weighted by Crippen LogP contribution is 2.37. The normalized spacial score (nSPS) is 14.0. The molecule has 162 valence electrons. The number of rotatable bonds is 9. The molecule has 0 saturated carbocycles. The molecule has 7 heteroatoms. The zero-order valence-electron chi connectivity index (χ0n) is 17.9. The van der Waals surface area contributed by atoms with E-state index in [4.69, 9.17) is 4.74 Å². The highest BCUT2D eigenvalue weighted by atomic mass is 32.2. The Hall–Kier alpha value is -2.90. The van der Waals surface area contributed by atoms with Crippen molar-refractivity contribution in [2.75, 3.05) is 18.5 Å². The number of ether oxygens (including phenoxy) is 1. The summed E-state index contributed by atoms with van der Waals surface area (Å²) < 4.78 is 5.55. The Morgan fingerprint density at radius 2 is 1.71 bits per heavy atom. The topological polar surface area (TPSA) is 75.7 Å². The fourth-order valence-corrected chi connectivity index (χ4v) is 4.26. The molecule has 6 nitrogen and oxygen atoms in total. The molecule has 0 bridgehead atoms. The van der Waals surface area contributed by atoms with Gasteiger partial charge in [-0.1, -0.05) is 42.5 Å². The van der Waals surface area contributed by atoms with Gasteiger partial charge in [-0.2, -0.15) is 0 Å². The Morgan fingerprint density at radius 1 is 1.03 bits per heavy atom. The maximum atomic E-state index is 13.2. The predicted octanol–water partition coefficient (Wildman–Crippen LogP) is 4.08. The first-order valence-corrected chi connectivity index (χ1v) is 11.1. The summed E-state index contributed by atoms with van der Waals surface area (Å²) >= 11 is 1.37. The Bertz CT molecular complexity index is 984. The number of imide groups is 1. The van der Waals surface area contributed by atoms with Crippen molar-refractivity contribution in [2.24, 2.45) is 0 Å². The molecule has 0 saturated heterocycles. The molecule has 0 aliphatic carbocycles. The molecule has 1 aliphatic rings. The molecule has 0 aromatic heterocycles. The third-order valence-corrected chi connectivity index (χ3v) is 5.76. The average Bonchev–Trinajstić information content (AvgIpc) is 2.97. The van der Waals surface area contributed by atoms with Crippen molar-refractivity contribution >= 4 is 40.7 Å². The van der Waals surface area contributed by atoms with Gasteiger partial charge in [0.15, 0.2) is 0 Å². The standard InChI is InChI=1S/C24H26N2O4S/c1-16(2)30-14-13-26-23(28)21(19-9-11-20(12-10-19)25-17(3)27)22(24(26)29)31-15-18-7-5-4-6-8-18/h4-12,16H,13-15H2,1-3H3,(H,25,27). The minimum absolute atomic E-state index is 0.0217. The highest BCUT2D eigenvalue weighted by molar-refractivity contribution is 8.03. The van der Waals surface area contributed by atoms with Gasteiger partial charge in [0.2, 0.25) is 5.91 Å². The van der Waals surface area contributed by atoms with Gasteiger partial charge in [0, 0.05) is 18.4 Å². The first-order chi connectivity index (χ1) is 14.9. The van der Waals surface area contributed by atoms with Crippen molar-refractivity contribution < 1.29 is 19.1 Å². The van der Waals surface area contributed by atoms with Gasteiger partial charge in [0.05, 0.1) is 29.7 Å². The van der Waals surface area contributed by atoms with Crippen LogP contribution < -0.4 is 5.32 Å². The van der Waals surface area contributed by atoms with Gasteiger partial charge in [-0.15, -0.1) is 11.8 Å². The largest absolute Gasteiger partial charge is 0.377 e. The molecule has 31 heavy (non-hydrogen) atoms. The van der Waals surface area contributed by atoms with Crippen LogP contribution in [0.4, 0.5) is 5.69 Å². The first-order valence-electron chi connectivity index (χ1n) is 10.1. The Labute approximate surface area is 186 Å². The van der Waals surface area contributed by atoms with E-state index in [-0.39, 0.29) is 30.4 Å². The molecule has 0 unspecified atom stereocenters. The Kier molecular flexibility index (Phi) is 7.65. The molecule has 0 fully saturated rings. The molecule has 2 aromatic rings. The molecule has 1 heterocycles. The summed E-state index contributed by atoms with van der Waals surface area (Å²) in [6.07, 6.45) is 0.0217. The summed E-state index contributed by atoms with van der Waals surface area (Å²) in [6.45, 7) is 5.76. The van der Waals surface area contributed by atoms with E-state index < -0.39 is 0 Å². The first kappa shape index (κ1) is 22.8. The maximum absolute atomic E-state index is 13.2. The SMILES string of the molecule is CC(=O)Nc1ccc(C2=C(SCc3ccccc3)C(=O)N(CCOC(C)C)C2=O)cc1. The minimum Gasteiger partial charge on any atom is -0.377 e. The average molecular weight is 439 g/mol. The zero-order chi connectivity index (χ0) is 22.4. The van der Waals surface area contributed by atoms with Gasteiger partial charge in [-0.3, -0.25) is 19.3 Å². The zero-order valence-corrected chi connectivity index (χ0v) is 18.7. The van der Waals surface area contributed by atoms with Crippen LogP contribution >= 0.6 is 11.8 Å². The second-order valence-corrected chi connectivity index (χ2v) is 8.40. The highest BCUT2D eigenvalue weighted by Gasteiger charge is 2.38. The Morgan fingerprint density at radius 3 is 2.32 bits per heavy atom. The maximum Gasteiger partial charge on any atom is 0.268 e. The number of nitrogens with one attached hydrogen (secondary N) is 1. The van der Waals surface area contributed by atoms with Crippen LogP contribution in [0.1, 0.15) is 31.9 Å². The number of carbonyl (C=O) groups is 3. The van der Waals surface area contributed by atoms with Crippen molar-refractivity contribution in [1.82, 2.24) is 4.90 Å². The van der Waals surface area contributed by atoms with E-state index in [1.165, 1.54) is 23.6 Å². The van der Waals surface area contributed by atoms with Gasteiger partial charge in [-0.05, 0) is 37.1 Å². The van der Waals surface area contributed by atoms with Crippen molar-refractivity contribution in [1.29, 1.82) is 0 Å². The molecule has 0 radical (unpaired) electrons. The molecule has 0 atom stereocenters. The summed E-state index contributed by atoms with van der Waals surface area (Å²) in [7, 11) is 0. The lowest BCUT2D eigenvalue weighted by Crippen LogP contribution is -2.35. The van der Waals surface area contributed by atoms with E-state index in [0.717, 1.165) is 5.56 Å². The number of nitrogens with zero attached hydrogens (tertiary/aromatic N) is 1. The fourth-order valence-electron chi connectivity index (χ4n) is 3.18. The van der Waals surface area contributed by atoms with E-state index in [1.807, 2.05) is 44.2 Å². The summed E-state index contributed by atoms with van der Waals surface area (Å²) in [5.41, 5.74) is 2.75. The number of hydrogen-bond donors (Lipinski definition) is 1. The van der Waals surface area contributed by atoms with Crippen molar-refractivity contribution in [2.45, 2.75) is 32.6 Å². The summed E-state index contributed by atoms with van der Waals surface area (Å²) in [5, 5.41) is 2.71. The molecule has 3 amide bonds. The van der Waals surface area contributed by atoms with Crippen LogP contribution in [-0.2, 0) is 24.9 Å². The third kappa shape index (κ3) is 5.83. The molecular weight excluding hydrogens is 412 g/mol. The van der Waals surface area contributed by atoms with Crippen LogP contribution in [0.15, 0.2) is 59.5 Å². The summed E-state index contributed by atoms with van der Waals surface area (Å²) in [5.74, 6) is -0.201. The number of carbonyl (C=O) groups excluding carboxylic acids is 3. The van der Waals surface area contributed by atoms with Gasteiger partial charge in [-0.25, -0.2) is 0 Å². The third-order valence-electron chi connectivity index (χ3n) is 4.61. The van der Waals surface area contributed by atoms with E-state index in [1.54, 1.807) is 24.3 Å². The van der Waals surface area contributed by atoms with Crippen LogP contribution in [0.25, 0.3) is 5.57 Å². The lowest BCUT2D eigenvalue weighted by molar-refractivity contribution is -0.137. The molecule has 0 spiro atoms. The van der Waals surface area contributed by atoms with E-state index >= 15 is 0 Å². The van der Waals surface area contributed by atoms with Crippen LogP contribution in [0.2, 0.25) is 0 Å². The smallest absolute Gasteiger partial charge is 0.268 e. The number of thioether (sulfide) groups is 1. The lowest BCUT2D eigenvalue weighted by atomic mass is 10.1. The van der Waals surface area contributed by atoms with E-state index in [9.17, 15) is 14.4 Å². The van der Waals surface area contributed by atoms with Gasteiger partial charge >= 0.3 is 0 Å². The van der Waals surface area contributed by atoms with Crippen molar-refractivity contribution in [3.8, 4) is 0 Å². The number of anilines is 1. The van der Waals surface area contributed by atoms with Crippen LogP contribution in [0.3, 0.4) is 0 Å². The molecule has 2 aromatic carbocycles. The van der Waals surface area contributed by atoms with Crippen LogP contribution in [0.5, 0.6) is 0 Å². The van der Waals surface area contributed by atoms with Gasteiger partial charge < -0.3 is 10.1 Å².